The van der Waals surface area contributed by atoms with Crippen LogP contribution >= 0.6 is 10.4 Å². The molecule has 0 spiro atoms. The van der Waals surface area contributed by atoms with Crippen LogP contribution in [0.25, 0.3) is 0 Å². The summed E-state index contributed by atoms with van der Waals surface area (Å²) in [6, 6.07) is 10.5. The number of benzene rings is 1. The molecule has 0 amide bonds. The van der Waals surface area contributed by atoms with Crippen molar-refractivity contribution in [2.24, 2.45) is 11.8 Å². The lowest BCUT2D eigenvalue weighted by molar-refractivity contribution is 0.679. The van der Waals surface area contributed by atoms with Crippen molar-refractivity contribution in [1.29, 1.82) is 0 Å². The highest BCUT2D eigenvalue weighted by Gasteiger charge is 2.25. The summed E-state index contributed by atoms with van der Waals surface area (Å²) in [6.07, 6.45) is 3.22. The first-order valence-corrected chi connectivity index (χ1v) is 9.95. The van der Waals surface area contributed by atoms with Gasteiger partial charge in [-0.2, -0.15) is 3.89 Å². The van der Waals surface area contributed by atoms with E-state index in [1.54, 1.807) is 0 Å². The second-order valence-electron chi connectivity index (χ2n) is 6.71. The maximum Gasteiger partial charge on any atom is 0.00589 e. The zero-order chi connectivity index (χ0) is 15.0. The average molecular weight is 299 g/mol. The molecular weight excluding hydrogens is 267 g/mol. The van der Waals surface area contributed by atoms with Gasteiger partial charge in [-0.3, -0.25) is 0 Å². The van der Waals surface area contributed by atoms with Crippen LogP contribution in [0.5, 0.6) is 0 Å². The van der Waals surface area contributed by atoms with Crippen LogP contribution in [-0.2, 0) is 6.42 Å². The van der Waals surface area contributed by atoms with Gasteiger partial charge in [0, 0.05) is 17.3 Å². The van der Waals surface area contributed by atoms with E-state index in [0.717, 1.165) is 36.5 Å². The molecule has 0 radical (unpaired) electrons. The van der Waals surface area contributed by atoms with E-state index in [1.165, 1.54) is 5.56 Å². The number of aryl methyl sites for hydroxylation is 1. The van der Waals surface area contributed by atoms with E-state index in [4.69, 9.17) is 0 Å². The van der Waals surface area contributed by atoms with Crippen molar-refractivity contribution in [2.45, 2.75) is 47.0 Å². The Balaban J connectivity index is 2.38. The second kappa shape index (κ2) is 8.71. The van der Waals surface area contributed by atoms with Gasteiger partial charge >= 0.3 is 0 Å². The lowest BCUT2D eigenvalue weighted by Crippen LogP contribution is -2.16. The smallest absolute Gasteiger partial charge is 0.00589 e. The number of unbranched alkanes of at least 4 members (excludes halogenated alkanes) is 1. The van der Waals surface area contributed by atoms with Gasteiger partial charge in [0.25, 0.3) is 0 Å². The van der Waals surface area contributed by atoms with Gasteiger partial charge in [0.15, 0.2) is 0 Å². The molecule has 0 bridgehead atoms. The molecule has 0 heterocycles. The topological polar surface area (TPSA) is 0 Å². The summed E-state index contributed by atoms with van der Waals surface area (Å²) in [6.45, 7) is 8.58. The highest BCUT2D eigenvalue weighted by molar-refractivity contribution is 8.29. The normalized spacial score (nSPS) is 13.2. The van der Waals surface area contributed by atoms with Crippen LogP contribution in [0.15, 0.2) is 30.3 Å². The molecular formula is C18H31FS. The van der Waals surface area contributed by atoms with Crippen LogP contribution in [0.4, 0.5) is 3.89 Å². The summed E-state index contributed by atoms with van der Waals surface area (Å²) in [5.41, 5.74) is 1.37. The first kappa shape index (κ1) is 17.6. The van der Waals surface area contributed by atoms with Gasteiger partial charge in [-0.05, 0) is 36.7 Å². The van der Waals surface area contributed by atoms with Crippen LogP contribution in [0.3, 0.4) is 0 Å². The van der Waals surface area contributed by atoms with E-state index in [2.05, 4.69) is 52.0 Å². The predicted octanol–water partition coefficient (Wildman–Crippen LogP) is 6.01. The van der Waals surface area contributed by atoms with Gasteiger partial charge in [-0.15, -0.1) is 0 Å². The molecule has 1 aromatic carbocycles. The molecule has 0 aromatic heterocycles. The summed E-state index contributed by atoms with van der Waals surface area (Å²) < 4.78 is 15.1. The summed E-state index contributed by atoms with van der Waals surface area (Å²) in [5, 5.41) is 0. The summed E-state index contributed by atoms with van der Waals surface area (Å²) in [4.78, 5) is 0. The molecule has 0 nitrogen and oxygen atoms in total. The highest BCUT2D eigenvalue weighted by Crippen LogP contribution is 2.53. The summed E-state index contributed by atoms with van der Waals surface area (Å²) in [5.74, 6) is 3.33. The van der Waals surface area contributed by atoms with E-state index in [-0.39, 0.29) is 0 Å². The minimum atomic E-state index is -1.89. The maximum atomic E-state index is 15.1. The van der Waals surface area contributed by atoms with Crippen molar-refractivity contribution in [1.82, 2.24) is 0 Å². The minimum absolute atomic E-state index is 0.475. The van der Waals surface area contributed by atoms with Gasteiger partial charge in [0.05, 0.1) is 0 Å². The van der Waals surface area contributed by atoms with Crippen molar-refractivity contribution < 1.29 is 3.89 Å². The Morgan fingerprint density at radius 1 is 0.900 bits per heavy atom. The van der Waals surface area contributed by atoms with Crippen molar-refractivity contribution in [2.75, 3.05) is 17.3 Å². The third-order valence-electron chi connectivity index (χ3n) is 3.33. The van der Waals surface area contributed by atoms with Crippen LogP contribution in [0, 0.1) is 11.8 Å². The average Bonchev–Trinajstić information content (AvgIpc) is 2.34. The molecule has 20 heavy (non-hydrogen) atoms. The van der Waals surface area contributed by atoms with Gasteiger partial charge < -0.3 is 0 Å². The third kappa shape index (κ3) is 7.33. The first-order valence-electron chi connectivity index (χ1n) is 7.91. The molecule has 1 aromatic rings. The van der Waals surface area contributed by atoms with E-state index >= 15 is 3.89 Å². The van der Waals surface area contributed by atoms with Gasteiger partial charge in [0.1, 0.15) is 0 Å². The van der Waals surface area contributed by atoms with E-state index in [1.807, 2.05) is 6.07 Å². The van der Waals surface area contributed by atoms with Gasteiger partial charge in [0.2, 0.25) is 0 Å². The largest absolute Gasteiger partial charge is 0.189 e. The fraction of sp³-hybridized carbons (Fsp3) is 0.667. The van der Waals surface area contributed by atoms with Crippen LogP contribution in [0.2, 0.25) is 0 Å². The molecule has 116 valence electrons. The molecule has 0 aliphatic carbocycles. The molecule has 0 saturated heterocycles. The molecule has 0 fully saturated rings. The Kier molecular flexibility index (Phi) is 7.65. The monoisotopic (exact) mass is 298 g/mol. The van der Waals surface area contributed by atoms with E-state index in [9.17, 15) is 0 Å². The fourth-order valence-corrected chi connectivity index (χ4v) is 6.34. The molecule has 0 atom stereocenters. The van der Waals surface area contributed by atoms with Gasteiger partial charge in [-0.25, -0.2) is 0 Å². The number of rotatable bonds is 9. The van der Waals surface area contributed by atoms with E-state index < -0.39 is 10.4 Å². The van der Waals surface area contributed by atoms with Crippen LogP contribution < -0.4 is 0 Å². The Labute approximate surface area is 126 Å². The fourth-order valence-electron chi connectivity index (χ4n) is 2.76. The number of halogens is 1. The Bertz CT molecular complexity index is 349. The predicted molar refractivity (Wildman–Crippen MR) is 92.4 cm³/mol. The second-order valence-corrected chi connectivity index (χ2v) is 9.66. The Morgan fingerprint density at radius 3 is 1.95 bits per heavy atom. The highest BCUT2D eigenvalue weighted by atomic mass is 32.3. The molecule has 1 rings (SSSR count). The third-order valence-corrected chi connectivity index (χ3v) is 6.88. The Morgan fingerprint density at radius 2 is 1.45 bits per heavy atom. The maximum absolute atomic E-state index is 15.1. The van der Waals surface area contributed by atoms with Gasteiger partial charge in [-0.1, -0.05) is 68.4 Å². The van der Waals surface area contributed by atoms with Crippen molar-refractivity contribution >= 4 is 10.4 Å². The number of hydrogen-bond donors (Lipinski definition) is 0. The first-order chi connectivity index (χ1) is 9.41. The summed E-state index contributed by atoms with van der Waals surface area (Å²) in [7, 11) is -1.89. The zero-order valence-corrected chi connectivity index (χ0v) is 14.4. The van der Waals surface area contributed by atoms with Crippen LogP contribution in [0.1, 0.15) is 46.1 Å². The lowest BCUT2D eigenvalue weighted by atomic mass is 10.1. The Hall–Kier alpha value is -0.500. The van der Waals surface area contributed by atoms with Crippen molar-refractivity contribution in [3.8, 4) is 0 Å². The quantitative estimate of drug-likeness (QED) is 0.490. The zero-order valence-electron chi connectivity index (χ0n) is 13.6. The van der Waals surface area contributed by atoms with Crippen molar-refractivity contribution in [3.63, 3.8) is 0 Å². The molecule has 0 aliphatic rings. The molecule has 0 N–H and O–H groups in total. The van der Waals surface area contributed by atoms with E-state index in [0.29, 0.717) is 11.8 Å². The molecule has 0 saturated carbocycles. The molecule has 0 unspecified atom stereocenters. The molecule has 0 aliphatic heterocycles. The standard InChI is InChI=1S/C18H31FS/c1-16(2)14-20(19,15-17(3)4)13-9-8-12-18-10-6-5-7-11-18/h5-7,10-11,16-17H,8-9,12-15H2,1-4H3. The lowest BCUT2D eigenvalue weighted by Gasteiger charge is -2.34. The number of hydrogen-bond acceptors (Lipinski definition) is 0. The molecule has 2 heteroatoms. The van der Waals surface area contributed by atoms with Crippen molar-refractivity contribution in [3.05, 3.63) is 35.9 Å². The SMILES string of the molecule is CC(C)CS(F)(CCCCc1ccccc1)CC(C)C. The van der Waals surface area contributed by atoms with Crippen LogP contribution in [-0.4, -0.2) is 17.3 Å². The minimum Gasteiger partial charge on any atom is -0.189 e. The summed E-state index contributed by atoms with van der Waals surface area (Å²) >= 11 is 0.